The van der Waals surface area contributed by atoms with E-state index in [4.69, 9.17) is 5.10 Å². The first-order valence-corrected chi connectivity index (χ1v) is 11.3. The number of rotatable bonds is 3. The third-order valence-electron chi connectivity index (χ3n) is 6.49. The summed E-state index contributed by atoms with van der Waals surface area (Å²) in [5.74, 6) is 0.777. The Hall–Kier alpha value is -4.33. The van der Waals surface area contributed by atoms with Crippen LogP contribution in [0.5, 0.6) is 0 Å². The Morgan fingerprint density at radius 2 is 1.94 bits per heavy atom. The summed E-state index contributed by atoms with van der Waals surface area (Å²) >= 11 is 0. The van der Waals surface area contributed by atoms with Crippen LogP contribution in [-0.2, 0) is 13.5 Å². The lowest BCUT2D eigenvalue weighted by atomic mass is 9.96. The molecule has 0 bridgehead atoms. The summed E-state index contributed by atoms with van der Waals surface area (Å²) in [5, 5.41) is 10.3. The molecule has 0 spiro atoms. The molecule has 1 aliphatic heterocycles. The Morgan fingerprint density at radius 3 is 2.79 bits per heavy atom. The van der Waals surface area contributed by atoms with Gasteiger partial charge < -0.3 is 4.90 Å². The number of aromatic nitrogens is 6. The summed E-state index contributed by atoms with van der Waals surface area (Å²) in [6.07, 6.45) is 8.07. The summed E-state index contributed by atoms with van der Waals surface area (Å²) in [4.78, 5) is 24.1. The minimum atomic E-state index is -0.133. The molecule has 1 atom stereocenters. The van der Waals surface area contributed by atoms with E-state index in [1.807, 2.05) is 84.5 Å². The lowest BCUT2D eigenvalue weighted by molar-refractivity contribution is 0.0674. The van der Waals surface area contributed by atoms with Crippen molar-refractivity contribution in [2.24, 2.45) is 7.05 Å². The van der Waals surface area contributed by atoms with Gasteiger partial charge in [0.15, 0.2) is 5.82 Å². The van der Waals surface area contributed by atoms with Crippen molar-refractivity contribution in [1.82, 2.24) is 34.4 Å². The smallest absolute Gasteiger partial charge is 0.254 e. The zero-order valence-corrected chi connectivity index (χ0v) is 19.0. The van der Waals surface area contributed by atoms with Crippen molar-refractivity contribution in [3.8, 4) is 17.1 Å². The van der Waals surface area contributed by atoms with Crippen molar-refractivity contribution in [2.75, 3.05) is 6.54 Å². The van der Waals surface area contributed by atoms with Gasteiger partial charge in [-0.2, -0.15) is 10.2 Å². The van der Waals surface area contributed by atoms with Gasteiger partial charge in [-0.05, 0) is 49.7 Å². The van der Waals surface area contributed by atoms with Gasteiger partial charge in [-0.25, -0.2) is 9.67 Å². The molecule has 5 heterocycles. The van der Waals surface area contributed by atoms with Gasteiger partial charge in [0.25, 0.3) is 5.91 Å². The van der Waals surface area contributed by atoms with E-state index in [2.05, 4.69) is 15.1 Å². The molecule has 0 saturated carbocycles. The molecule has 0 aliphatic carbocycles. The quantitative estimate of drug-likeness (QED) is 0.416. The predicted molar refractivity (Wildman–Crippen MR) is 128 cm³/mol. The fourth-order valence-corrected chi connectivity index (χ4v) is 4.82. The first-order chi connectivity index (χ1) is 16.6. The number of aryl methyl sites for hydroxylation is 1. The summed E-state index contributed by atoms with van der Waals surface area (Å²) in [6, 6.07) is 15.2. The number of pyridine rings is 2. The predicted octanol–water partition coefficient (Wildman–Crippen LogP) is 3.98. The van der Waals surface area contributed by atoms with E-state index in [0.717, 1.165) is 40.1 Å². The summed E-state index contributed by atoms with van der Waals surface area (Å²) < 4.78 is 3.67. The highest BCUT2D eigenvalue weighted by atomic mass is 16.2. The van der Waals surface area contributed by atoms with Gasteiger partial charge in [0.1, 0.15) is 0 Å². The molecule has 8 nitrogen and oxygen atoms in total. The van der Waals surface area contributed by atoms with Crippen molar-refractivity contribution < 1.29 is 4.79 Å². The van der Waals surface area contributed by atoms with Crippen molar-refractivity contribution in [2.45, 2.75) is 19.4 Å². The van der Waals surface area contributed by atoms with Crippen LogP contribution in [0.4, 0.5) is 0 Å². The van der Waals surface area contributed by atoms with Crippen molar-refractivity contribution >= 4 is 16.8 Å². The lowest BCUT2D eigenvalue weighted by Crippen LogP contribution is -2.38. The van der Waals surface area contributed by atoms with Crippen molar-refractivity contribution in [3.05, 3.63) is 90.1 Å². The third kappa shape index (κ3) is 3.26. The average molecular weight is 450 g/mol. The Balaban J connectivity index is 1.32. The van der Waals surface area contributed by atoms with E-state index in [1.165, 1.54) is 5.56 Å². The zero-order valence-electron chi connectivity index (χ0n) is 19.0. The molecule has 0 radical (unpaired) electrons. The van der Waals surface area contributed by atoms with Gasteiger partial charge >= 0.3 is 0 Å². The number of amides is 1. The molecular formula is C26H23N7O. The molecule has 4 aromatic heterocycles. The summed E-state index contributed by atoms with van der Waals surface area (Å²) in [7, 11) is 1.95. The van der Waals surface area contributed by atoms with Crippen LogP contribution in [0.2, 0.25) is 0 Å². The van der Waals surface area contributed by atoms with Gasteiger partial charge in [-0.15, -0.1) is 0 Å². The molecule has 168 valence electrons. The minimum Gasteiger partial charge on any atom is -0.330 e. The molecule has 0 N–H and O–H groups in total. The number of hydrogen-bond acceptors (Lipinski definition) is 5. The largest absolute Gasteiger partial charge is 0.330 e. The van der Waals surface area contributed by atoms with Gasteiger partial charge in [0, 0.05) is 54.3 Å². The average Bonchev–Trinajstić information content (AvgIpc) is 3.48. The monoisotopic (exact) mass is 449 g/mol. The molecule has 34 heavy (non-hydrogen) atoms. The molecular weight excluding hydrogens is 426 g/mol. The summed E-state index contributed by atoms with van der Waals surface area (Å²) in [6.45, 7) is 2.68. The fourth-order valence-electron chi connectivity index (χ4n) is 4.82. The molecule has 0 unspecified atom stereocenters. The Bertz CT molecular complexity index is 1520. The molecule has 0 fully saturated rings. The molecule has 0 saturated heterocycles. The molecule has 8 heteroatoms. The summed E-state index contributed by atoms with van der Waals surface area (Å²) in [5.41, 5.74) is 5.67. The maximum atomic E-state index is 13.4. The van der Waals surface area contributed by atoms with E-state index in [9.17, 15) is 4.79 Å². The molecule has 1 aliphatic rings. The van der Waals surface area contributed by atoms with Gasteiger partial charge in [-0.3, -0.25) is 14.5 Å². The van der Waals surface area contributed by atoms with Crippen molar-refractivity contribution in [3.63, 3.8) is 0 Å². The second kappa shape index (κ2) is 7.91. The Labute approximate surface area is 196 Å². The fraction of sp³-hybridized carbons (Fsp3) is 0.192. The van der Waals surface area contributed by atoms with Crippen LogP contribution in [0.25, 0.3) is 28.0 Å². The number of benzene rings is 1. The van der Waals surface area contributed by atoms with Crippen molar-refractivity contribution in [1.29, 1.82) is 0 Å². The highest BCUT2D eigenvalue weighted by Gasteiger charge is 2.33. The lowest BCUT2D eigenvalue weighted by Gasteiger charge is -2.33. The SMILES string of the molecule is C[C@H]1c2nn(C)c(-c3cnn(-c4ccccn4)c3)c2CCN1C(=O)c1ccc2ncccc2c1. The second-order valence-electron chi connectivity index (χ2n) is 8.53. The highest BCUT2D eigenvalue weighted by molar-refractivity contribution is 5.98. The Kier molecular flexibility index (Phi) is 4.72. The maximum Gasteiger partial charge on any atom is 0.254 e. The van der Waals surface area contributed by atoms with Gasteiger partial charge in [0.2, 0.25) is 0 Å². The first-order valence-electron chi connectivity index (χ1n) is 11.3. The molecule has 5 aromatic rings. The maximum absolute atomic E-state index is 13.4. The normalized spacial score (nSPS) is 15.5. The standard InChI is InChI=1S/C26H23N7O/c1-17-24-21(10-13-32(17)26(34)19-8-9-22-18(14-19)6-5-12-27-22)25(31(2)30-24)20-15-29-33(16-20)23-7-3-4-11-28-23/h3-9,11-12,14-17H,10,13H2,1-2H3/t17-/m0/s1. The van der Waals surface area contributed by atoms with Crippen LogP contribution < -0.4 is 0 Å². The number of hydrogen-bond donors (Lipinski definition) is 0. The zero-order chi connectivity index (χ0) is 23.2. The molecule has 1 amide bonds. The van der Waals surface area contributed by atoms with E-state index in [-0.39, 0.29) is 11.9 Å². The van der Waals surface area contributed by atoms with Gasteiger partial charge in [0.05, 0.1) is 29.1 Å². The second-order valence-corrected chi connectivity index (χ2v) is 8.53. The van der Waals surface area contributed by atoms with Crippen LogP contribution in [-0.4, -0.2) is 46.9 Å². The highest BCUT2D eigenvalue weighted by Crippen LogP contribution is 2.36. The van der Waals surface area contributed by atoms with Crippen LogP contribution in [0, 0.1) is 0 Å². The topological polar surface area (TPSA) is 81.7 Å². The van der Waals surface area contributed by atoms with Gasteiger partial charge in [-0.1, -0.05) is 12.1 Å². The van der Waals surface area contributed by atoms with Crippen LogP contribution in [0.1, 0.15) is 34.6 Å². The van der Waals surface area contributed by atoms with Crippen LogP contribution >= 0.6 is 0 Å². The minimum absolute atomic E-state index is 0.0130. The van der Waals surface area contributed by atoms with Crippen LogP contribution in [0.15, 0.2) is 73.3 Å². The van der Waals surface area contributed by atoms with E-state index >= 15 is 0 Å². The number of carbonyl (C=O) groups excluding carboxylic acids is 1. The van der Waals surface area contributed by atoms with E-state index in [0.29, 0.717) is 12.1 Å². The number of carbonyl (C=O) groups is 1. The van der Waals surface area contributed by atoms with Crippen LogP contribution in [0.3, 0.4) is 0 Å². The molecule has 6 rings (SSSR count). The number of fused-ring (bicyclic) bond motifs is 2. The Morgan fingerprint density at radius 1 is 1.06 bits per heavy atom. The molecule has 1 aromatic carbocycles. The first kappa shape index (κ1) is 20.3. The van der Waals surface area contributed by atoms with E-state index < -0.39 is 0 Å². The van der Waals surface area contributed by atoms with E-state index in [1.54, 1.807) is 17.1 Å². The number of nitrogens with zero attached hydrogens (tertiary/aromatic N) is 7. The third-order valence-corrected chi connectivity index (χ3v) is 6.49.